The van der Waals surface area contributed by atoms with E-state index < -0.39 is 28.7 Å². The molecule has 0 saturated heterocycles. The van der Waals surface area contributed by atoms with Crippen molar-refractivity contribution in [1.82, 2.24) is 0 Å². The SMILES string of the molecule is CCC1(C(=O)O)C=CC(C)C(CC)(C(=O)O)C1C. The summed E-state index contributed by atoms with van der Waals surface area (Å²) in [7, 11) is 0. The maximum Gasteiger partial charge on any atom is 0.313 e. The van der Waals surface area contributed by atoms with Crippen molar-refractivity contribution in [2.45, 2.75) is 40.5 Å². The third-order valence-electron chi connectivity index (χ3n) is 5.01. The molecular formula is C14H22O4. The highest BCUT2D eigenvalue weighted by molar-refractivity contribution is 5.82. The fraction of sp³-hybridized carbons (Fsp3) is 0.714. The summed E-state index contributed by atoms with van der Waals surface area (Å²) in [5.41, 5.74) is -2.07. The molecule has 1 aliphatic rings. The maximum atomic E-state index is 11.7. The zero-order valence-corrected chi connectivity index (χ0v) is 11.4. The standard InChI is InChI=1S/C14H22O4/c1-5-13(11(15)16)8-7-9(3)14(6-2,10(13)4)12(17)18/h7-10H,5-6H2,1-4H3,(H,15,16)(H,17,18). The number of hydrogen-bond acceptors (Lipinski definition) is 2. The molecule has 4 heteroatoms. The average molecular weight is 254 g/mol. The lowest BCUT2D eigenvalue weighted by Gasteiger charge is -2.49. The van der Waals surface area contributed by atoms with Gasteiger partial charge in [0, 0.05) is 0 Å². The number of rotatable bonds is 4. The van der Waals surface area contributed by atoms with Gasteiger partial charge in [-0.3, -0.25) is 9.59 Å². The van der Waals surface area contributed by atoms with E-state index in [1.807, 2.05) is 13.8 Å². The first kappa shape index (κ1) is 14.7. The second-order valence-electron chi connectivity index (χ2n) is 5.27. The number of carboxylic acids is 2. The smallest absolute Gasteiger partial charge is 0.313 e. The Kier molecular flexibility index (Phi) is 3.89. The first-order chi connectivity index (χ1) is 8.29. The van der Waals surface area contributed by atoms with E-state index in [4.69, 9.17) is 0 Å². The zero-order valence-electron chi connectivity index (χ0n) is 11.4. The Bertz CT molecular complexity index is 387. The van der Waals surface area contributed by atoms with Gasteiger partial charge in [-0.05, 0) is 24.7 Å². The van der Waals surface area contributed by atoms with Crippen molar-refractivity contribution < 1.29 is 19.8 Å². The lowest BCUT2D eigenvalue weighted by molar-refractivity contribution is -0.167. The molecule has 1 aliphatic carbocycles. The Morgan fingerprint density at radius 3 is 2.00 bits per heavy atom. The highest BCUT2D eigenvalue weighted by atomic mass is 16.4. The summed E-state index contributed by atoms with van der Waals surface area (Å²) in [6, 6.07) is 0. The molecule has 0 amide bonds. The van der Waals surface area contributed by atoms with Crippen molar-refractivity contribution in [3.8, 4) is 0 Å². The van der Waals surface area contributed by atoms with Crippen LogP contribution in [0.5, 0.6) is 0 Å². The van der Waals surface area contributed by atoms with Gasteiger partial charge >= 0.3 is 11.9 Å². The molecule has 0 aromatic heterocycles. The molecule has 1 rings (SSSR count). The molecule has 4 unspecified atom stereocenters. The van der Waals surface area contributed by atoms with Gasteiger partial charge in [-0.1, -0.05) is 39.8 Å². The molecule has 4 atom stereocenters. The third kappa shape index (κ3) is 1.66. The number of allylic oxidation sites excluding steroid dienone is 1. The highest BCUT2D eigenvalue weighted by Gasteiger charge is 2.58. The van der Waals surface area contributed by atoms with E-state index in [2.05, 4.69) is 0 Å². The quantitative estimate of drug-likeness (QED) is 0.756. The minimum atomic E-state index is -1.07. The van der Waals surface area contributed by atoms with Gasteiger partial charge in [0.05, 0.1) is 10.8 Å². The Balaban J connectivity index is 3.45. The van der Waals surface area contributed by atoms with Crippen molar-refractivity contribution in [1.29, 1.82) is 0 Å². The second-order valence-corrected chi connectivity index (χ2v) is 5.27. The molecular weight excluding hydrogens is 232 g/mol. The van der Waals surface area contributed by atoms with Crippen molar-refractivity contribution >= 4 is 11.9 Å². The normalized spacial score (nSPS) is 39.6. The minimum Gasteiger partial charge on any atom is -0.481 e. The fourth-order valence-corrected chi connectivity index (χ4v) is 3.48. The van der Waals surface area contributed by atoms with Crippen molar-refractivity contribution in [3.63, 3.8) is 0 Å². The predicted octanol–water partition coefficient (Wildman–Crippen LogP) is 2.79. The van der Waals surface area contributed by atoms with Crippen LogP contribution in [0.25, 0.3) is 0 Å². The van der Waals surface area contributed by atoms with Crippen LogP contribution >= 0.6 is 0 Å². The summed E-state index contributed by atoms with van der Waals surface area (Å²) in [5, 5.41) is 19.1. The van der Waals surface area contributed by atoms with Crippen molar-refractivity contribution in [3.05, 3.63) is 12.2 Å². The van der Waals surface area contributed by atoms with Gasteiger partial charge in [-0.2, -0.15) is 0 Å². The largest absolute Gasteiger partial charge is 0.481 e. The first-order valence-electron chi connectivity index (χ1n) is 6.45. The van der Waals surface area contributed by atoms with Gasteiger partial charge in [-0.25, -0.2) is 0 Å². The van der Waals surface area contributed by atoms with E-state index in [-0.39, 0.29) is 5.92 Å². The van der Waals surface area contributed by atoms with Crippen LogP contribution in [-0.4, -0.2) is 22.2 Å². The van der Waals surface area contributed by atoms with E-state index in [9.17, 15) is 19.8 Å². The van der Waals surface area contributed by atoms with Gasteiger partial charge in [0.1, 0.15) is 0 Å². The van der Waals surface area contributed by atoms with Crippen molar-refractivity contribution in [2.75, 3.05) is 0 Å². The Hall–Kier alpha value is -1.32. The van der Waals surface area contributed by atoms with Crippen LogP contribution in [0.15, 0.2) is 12.2 Å². The van der Waals surface area contributed by atoms with Crippen LogP contribution in [0.3, 0.4) is 0 Å². The number of aliphatic carboxylic acids is 2. The summed E-state index contributed by atoms with van der Waals surface area (Å²) >= 11 is 0. The molecule has 0 spiro atoms. The fourth-order valence-electron chi connectivity index (χ4n) is 3.48. The molecule has 0 aromatic rings. The minimum absolute atomic E-state index is 0.158. The summed E-state index contributed by atoms with van der Waals surface area (Å²) < 4.78 is 0. The van der Waals surface area contributed by atoms with Gasteiger partial charge < -0.3 is 10.2 Å². The highest BCUT2D eigenvalue weighted by Crippen LogP contribution is 2.54. The van der Waals surface area contributed by atoms with Gasteiger partial charge in [0.25, 0.3) is 0 Å². The van der Waals surface area contributed by atoms with E-state index in [0.717, 1.165) is 0 Å². The Labute approximate surface area is 108 Å². The Morgan fingerprint density at radius 2 is 1.67 bits per heavy atom. The van der Waals surface area contributed by atoms with E-state index in [0.29, 0.717) is 12.8 Å². The van der Waals surface area contributed by atoms with E-state index >= 15 is 0 Å². The van der Waals surface area contributed by atoms with Crippen LogP contribution in [0.2, 0.25) is 0 Å². The van der Waals surface area contributed by atoms with Crippen molar-refractivity contribution in [2.24, 2.45) is 22.7 Å². The second kappa shape index (κ2) is 4.75. The molecule has 102 valence electrons. The maximum absolute atomic E-state index is 11.7. The lowest BCUT2D eigenvalue weighted by Crippen LogP contribution is -2.53. The van der Waals surface area contributed by atoms with Crippen LogP contribution in [0.1, 0.15) is 40.5 Å². The van der Waals surface area contributed by atoms with Gasteiger partial charge in [-0.15, -0.1) is 0 Å². The molecule has 18 heavy (non-hydrogen) atoms. The summed E-state index contributed by atoms with van der Waals surface area (Å²) in [6.07, 6.45) is 4.29. The third-order valence-corrected chi connectivity index (χ3v) is 5.01. The molecule has 0 aliphatic heterocycles. The number of carboxylic acid groups (broad SMARTS) is 2. The molecule has 0 heterocycles. The average Bonchev–Trinajstić information content (AvgIpc) is 2.30. The zero-order chi connectivity index (χ0) is 14.1. The molecule has 0 aromatic carbocycles. The first-order valence-corrected chi connectivity index (χ1v) is 6.45. The molecule has 0 radical (unpaired) electrons. The van der Waals surface area contributed by atoms with Crippen LogP contribution in [0, 0.1) is 22.7 Å². The topological polar surface area (TPSA) is 74.6 Å². The molecule has 0 fully saturated rings. The van der Waals surface area contributed by atoms with Gasteiger partial charge in [0.2, 0.25) is 0 Å². The van der Waals surface area contributed by atoms with Gasteiger partial charge in [0.15, 0.2) is 0 Å². The Morgan fingerprint density at radius 1 is 1.11 bits per heavy atom. The predicted molar refractivity (Wildman–Crippen MR) is 68.2 cm³/mol. The summed E-state index contributed by atoms with van der Waals surface area (Å²) in [6.45, 7) is 7.23. The lowest BCUT2D eigenvalue weighted by atomic mass is 9.52. The van der Waals surface area contributed by atoms with Crippen LogP contribution in [0.4, 0.5) is 0 Å². The van der Waals surface area contributed by atoms with Crippen LogP contribution < -0.4 is 0 Å². The molecule has 4 nitrogen and oxygen atoms in total. The molecule has 0 bridgehead atoms. The summed E-state index contributed by atoms with van der Waals surface area (Å²) in [4.78, 5) is 23.3. The number of hydrogen-bond donors (Lipinski definition) is 2. The monoisotopic (exact) mass is 254 g/mol. The number of carbonyl (C=O) groups is 2. The summed E-state index contributed by atoms with van der Waals surface area (Å²) in [5.74, 6) is -2.42. The van der Waals surface area contributed by atoms with E-state index in [1.165, 1.54) is 0 Å². The van der Waals surface area contributed by atoms with E-state index in [1.54, 1.807) is 26.0 Å². The molecule has 0 saturated carbocycles. The molecule has 2 N–H and O–H groups in total. The van der Waals surface area contributed by atoms with Crippen LogP contribution in [-0.2, 0) is 9.59 Å².